The molecular weight excluding hydrogens is 390 g/mol. The van der Waals surface area contributed by atoms with Gasteiger partial charge in [-0.3, -0.25) is 4.40 Å². The Morgan fingerprint density at radius 3 is 2.87 bits per heavy atom. The quantitative estimate of drug-likeness (QED) is 0.410. The van der Waals surface area contributed by atoms with Gasteiger partial charge in [-0.1, -0.05) is 12.8 Å². The number of anilines is 1. The third kappa shape index (κ3) is 5.27. The van der Waals surface area contributed by atoms with Crippen molar-refractivity contribution in [3.63, 3.8) is 0 Å². The van der Waals surface area contributed by atoms with Crippen molar-refractivity contribution < 1.29 is 4.74 Å². The molecule has 162 valence electrons. The van der Waals surface area contributed by atoms with E-state index in [1.807, 2.05) is 28.8 Å². The lowest BCUT2D eigenvalue weighted by Crippen LogP contribution is -2.16. The van der Waals surface area contributed by atoms with E-state index >= 15 is 0 Å². The predicted octanol–water partition coefficient (Wildman–Crippen LogP) is 3.66. The number of ether oxygens (including phenoxy) is 1. The van der Waals surface area contributed by atoms with Crippen molar-refractivity contribution in [3.8, 4) is 11.1 Å². The van der Waals surface area contributed by atoms with Crippen LogP contribution in [0.5, 0.6) is 0 Å². The average Bonchev–Trinajstić information content (AvgIpc) is 3.55. The molecule has 0 aliphatic heterocycles. The molecule has 0 spiro atoms. The summed E-state index contributed by atoms with van der Waals surface area (Å²) in [4.78, 5) is 4.36. The largest absolute Gasteiger partial charge is 0.381 e. The minimum absolute atomic E-state index is 0.178. The van der Waals surface area contributed by atoms with Gasteiger partial charge < -0.3 is 20.8 Å². The van der Waals surface area contributed by atoms with Gasteiger partial charge in [0.1, 0.15) is 17.5 Å². The van der Waals surface area contributed by atoms with Crippen LogP contribution in [0.2, 0.25) is 0 Å². The molecular formula is C23H29N7O. The molecule has 3 aromatic heterocycles. The van der Waals surface area contributed by atoms with E-state index in [2.05, 4.69) is 31.9 Å². The van der Waals surface area contributed by atoms with Gasteiger partial charge in [-0.15, -0.1) is 10.2 Å². The lowest BCUT2D eigenvalue weighted by atomic mass is 10.1. The average molecular weight is 420 g/mol. The van der Waals surface area contributed by atoms with E-state index in [4.69, 9.17) is 10.1 Å². The van der Waals surface area contributed by atoms with E-state index in [0.717, 1.165) is 41.4 Å². The van der Waals surface area contributed by atoms with Crippen molar-refractivity contribution in [3.05, 3.63) is 54.4 Å². The van der Waals surface area contributed by atoms with Gasteiger partial charge in [-0.25, -0.2) is 4.98 Å². The molecule has 1 aliphatic rings. The topological polar surface area (TPSA) is 100 Å². The summed E-state index contributed by atoms with van der Waals surface area (Å²) in [5.41, 5.74) is 2.88. The summed E-state index contributed by atoms with van der Waals surface area (Å²) in [5, 5.41) is 22.2. The molecule has 1 saturated carbocycles. The standard InChI is InChI=1S/C23H29N7O/c1-25-20(7-10-24)27-21-13-17(8-11-26-21)18-9-12-30-22(14-18)28-29-23(30)15-19(31-2)6-5-16-3-4-16/h7-14,16,19,24-25H,3-6,15H2,1-2H3,(H,26,27)/b20-7+,24-10?. The Hall–Kier alpha value is -3.26. The molecule has 8 heteroatoms. The fraction of sp³-hybridized carbons (Fsp3) is 0.391. The number of fused-ring (bicyclic) bond motifs is 1. The predicted molar refractivity (Wildman–Crippen MR) is 122 cm³/mol. The number of aromatic nitrogens is 4. The normalized spacial score (nSPS) is 15.1. The van der Waals surface area contributed by atoms with E-state index in [-0.39, 0.29) is 6.10 Å². The second-order valence-corrected chi connectivity index (χ2v) is 7.89. The maximum Gasteiger partial charge on any atom is 0.161 e. The number of nitrogens with zero attached hydrogens (tertiary/aromatic N) is 4. The molecule has 1 atom stereocenters. The summed E-state index contributed by atoms with van der Waals surface area (Å²) in [7, 11) is 3.58. The zero-order valence-electron chi connectivity index (χ0n) is 18.0. The van der Waals surface area contributed by atoms with Gasteiger partial charge in [-0.05, 0) is 60.2 Å². The van der Waals surface area contributed by atoms with Crippen molar-refractivity contribution in [2.45, 2.75) is 38.2 Å². The highest BCUT2D eigenvalue weighted by Crippen LogP contribution is 2.34. The minimum atomic E-state index is 0.178. The van der Waals surface area contributed by atoms with Crippen LogP contribution in [0.1, 0.15) is 31.5 Å². The van der Waals surface area contributed by atoms with E-state index in [1.54, 1.807) is 26.4 Å². The Bertz CT molecular complexity index is 1070. The maximum atomic E-state index is 7.23. The van der Waals surface area contributed by atoms with Crippen LogP contribution in [-0.4, -0.2) is 46.1 Å². The molecule has 3 heterocycles. The van der Waals surface area contributed by atoms with Crippen LogP contribution in [0.4, 0.5) is 5.82 Å². The zero-order valence-corrected chi connectivity index (χ0v) is 18.0. The molecule has 0 radical (unpaired) electrons. The van der Waals surface area contributed by atoms with Crippen molar-refractivity contribution >= 4 is 17.7 Å². The lowest BCUT2D eigenvalue weighted by molar-refractivity contribution is 0.0905. The zero-order chi connectivity index (χ0) is 21.6. The summed E-state index contributed by atoms with van der Waals surface area (Å²) < 4.78 is 7.74. The highest BCUT2D eigenvalue weighted by Gasteiger charge is 2.23. The third-order valence-electron chi connectivity index (χ3n) is 5.69. The number of nitrogens with one attached hydrogen (secondary N) is 3. The lowest BCUT2D eigenvalue weighted by Gasteiger charge is -2.14. The summed E-state index contributed by atoms with van der Waals surface area (Å²) in [6.45, 7) is 0. The van der Waals surface area contributed by atoms with Gasteiger partial charge in [0, 0.05) is 39.2 Å². The molecule has 31 heavy (non-hydrogen) atoms. The van der Waals surface area contributed by atoms with Crippen LogP contribution in [0.25, 0.3) is 16.8 Å². The van der Waals surface area contributed by atoms with E-state index < -0.39 is 0 Å². The number of rotatable bonds is 11. The highest BCUT2D eigenvalue weighted by molar-refractivity contribution is 5.72. The third-order valence-corrected chi connectivity index (χ3v) is 5.69. The van der Waals surface area contributed by atoms with E-state index in [0.29, 0.717) is 11.6 Å². The molecule has 0 aromatic carbocycles. The van der Waals surface area contributed by atoms with Gasteiger partial charge in [0.2, 0.25) is 0 Å². The first kappa shape index (κ1) is 21.0. The van der Waals surface area contributed by atoms with Crippen molar-refractivity contribution in [2.75, 3.05) is 19.5 Å². The highest BCUT2D eigenvalue weighted by atomic mass is 16.5. The molecule has 1 fully saturated rings. The van der Waals surface area contributed by atoms with Crippen LogP contribution < -0.4 is 10.6 Å². The Morgan fingerprint density at radius 1 is 1.29 bits per heavy atom. The van der Waals surface area contributed by atoms with Crippen LogP contribution in [0.15, 0.2) is 48.6 Å². The Morgan fingerprint density at radius 2 is 2.13 bits per heavy atom. The van der Waals surface area contributed by atoms with Crippen molar-refractivity contribution in [1.29, 1.82) is 5.41 Å². The summed E-state index contributed by atoms with van der Waals surface area (Å²) in [6.07, 6.45) is 12.6. The monoisotopic (exact) mass is 419 g/mol. The molecule has 0 bridgehead atoms. The SMILES string of the molecule is CN/C(=C\C=N)Nc1cc(-c2ccn3c(CC(CCC4CC4)OC)nnc3c2)ccn1. The molecule has 0 amide bonds. The number of methoxy groups -OCH3 is 1. The van der Waals surface area contributed by atoms with Crippen molar-refractivity contribution in [2.24, 2.45) is 5.92 Å². The molecule has 0 saturated heterocycles. The smallest absolute Gasteiger partial charge is 0.161 e. The van der Waals surface area contributed by atoms with Gasteiger partial charge in [0.05, 0.1) is 6.10 Å². The first-order chi connectivity index (χ1) is 15.2. The molecule has 1 aliphatic carbocycles. The first-order valence-electron chi connectivity index (χ1n) is 10.7. The van der Waals surface area contributed by atoms with Crippen molar-refractivity contribution in [1.82, 2.24) is 24.9 Å². The van der Waals surface area contributed by atoms with Crippen LogP contribution >= 0.6 is 0 Å². The van der Waals surface area contributed by atoms with Crippen LogP contribution in [0, 0.1) is 11.3 Å². The fourth-order valence-electron chi connectivity index (χ4n) is 3.68. The Balaban J connectivity index is 1.51. The molecule has 1 unspecified atom stereocenters. The Labute approximate surface area is 182 Å². The van der Waals surface area contributed by atoms with E-state index in [9.17, 15) is 0 Å². The van der Waals surface area contributed by atoms with Gasteiger partial charge in [0.15, 0.2) is 5.65 Å². The fourth-order valence-corrected chi connectivity index (χ4v) is 3.68. The first-order valence-corrected chi connectivity index (χ1v) is 10.7. The second-order valence-electron chi connectivity index (χ2n) is 7.89. The number of hydrogen-bond acceptors (Lipinski definition) is 7. The van der Waals surface area contributed by atoms with Gasteiger partial charge >= 0.3 is 0 Å². The van der Waals surface area contributed by atoms with Gasteiger partial charge in [0.25, 0.3) is 0 Å². The number of pyridine rings is 2. The molecule has 3 aromatic rings. The number of allylic oxidation sites excluding steroid dienone is 1. The molecule has 8 nitrogen and oxygen atoms in total. The Kier molecular flexibility index (Phi) is 6.57. The summed E-state index contributed by atoms with van der Waals surface area (Å²) >= 11 is 0. The maximum absolute atomic E-state index is 7.23. The summed E-state index contributed by atoms with van der Waals surface area (Å²) in [5.74, 6) is 3.23. The van der Waals surface area contributed by atoms with Gasteiger partial charge in [-0.2, -0.15) is 0 Å². The summed E-state index contributed by atoms with van der Waals surface area (Å²) in [6, 6.07) is 8.04. The van der Waals surface area contributed by atoms with Crippen LogP contribution in [-0.2, 0) is 11.2 Å². The van der Waals surface area contributed by atoms with Crippen LogP contribution in [0.3, 0.4) is 0 Å². The number of hydrogen-bond donors (Lipinski definition) is 3. The van der Waals surface area contributed by atoms with E-state index in [1.165, 1.54) is 25.5 Å². The minimum Gasteiger partial charge on any atom is -0.381 e. The molecule has 3 N–H and O–H groups in total. The second kappa shape index (κ2) is 9.70. The molecule has 4 rings (SSSR count).